The van der Waals surface area contributed by atoms with Gasteiger partial charge in [0.05, 0.1) is 0 Å². The molecule has 2 rings (SSSR count). The highest BCUT2D eigenvalue weighted by molar-refractivity contribution is 5.22. The van der Waals surface area contributed by atoms with Crippen LogP contribution in [0.3, 0.4) is 0 Å². The van der Waals surface area contributed by atoms with Crippen molar-refractivity contribution in [3.63, 3.8) is 0 Å². The molecule has 102 valence electrons. The molecule has 0 saturated carbocycles. The number of hydrogen-bond donors (Lipinski definition) is 2. The fourth-order valence-corrected chi connectivity index (χ4v) is 1.70. The van der Waals surface area contributed by atoms with Crippen molar-refractivity contribution in [3.8, 4) is 0 Å². The van der Waals surface area contributed by atoms with E-state index in [4.69, 9.17) is 15.0 Å². The second-order valence-corrected chi connectivity index (χ2v) is 3.99. The van der Waals surface area contributed by atoms with Gasteiger partial charge in [-0.05, 0) is 12.5 Å². The summed E-state index contributed by atoms with van der Waals surface area (Å²) in [6.07, 6.45) is -1.35. The summed E-state index contributed by atoms with van der Waals surface area (Å²) in [5, 5.41) is 13.4. The highest BCUT2D eigenvalue weighted by Gasteiger charge is 2.22. The maximum absolute atomic E-state index is 9.56. The highest BCUT2D eigenvalue weighted by Crippen LogP contribution is 2.24. The van der Waals surface area contributed by atoms with Crippen molar-refractivity contribution >= 4 is 0 Å². The van der Waals surface area contributed by atoms with Crippen molar-refractivity contribution in [1.29, 1.82) is 0 Å². The van der Waals surface area contributed by atoms with E-state index in [1.807, 2.05) is 37.3 Å². The van der Waals surface area contributed by atoms with Gasteiger partial charge in [0, 0.05) is 13.2 Å². The minimum absolute atomic E-state index is 0.0340. The number of ether oxygens (including phenoxy) is 1. The van der Waals surface area contributed by atoms with E-state index >= 15 is 0 Å². The standard InChI is InChI=1S/C13H17N3O3/c1-2-18-11(9-6-4-3-5-7-9)12-15-13(19-16-12)10(17)8-14/h3-7,10-11,17H,2,8,14H2,1H3. The quantitative estimate of drug-likeness (QED) is 0.813. The van der Waals surface area contributed by atoms with Crippen molar-refractivity contribution < 1.29 is 14.4 Å². The Morgan fingerprint density at radius 3 is 2.74 bits per heavy atom. The van der Waals surface area contributed by atoms with Crippen molar-refractivity contribution in [1.82, 2.24) is 10.1 Å². The first-order valence-corrected chi connectivity index (χ1v) is 6.14. The molecule has 0 amide bonds. The second-order valence-electron chi connectivity index (χ2n) is 3.99. The fraction of sp³-hybridized carbons (Fsp3) is 0.385. The molecule has 2 aromatic rings. The molecule has 0 bridgehead atoms. The van der Waals surface area contributed by atoms with Gasteiger partial charge in [-0.3, -0.25) is 0 Å². The van der Waals surface area contributed by atoms with Crippen molar-refractivity contribution in [2.24, 2.45) is 5.73 Å². The van der Waals surface area contributed by atoms with E-state index in [0.717, 1.165) is 5.56 Å². The third-order valence-electron chi connectivity index (χ3n) is 2.64. The summed E-state index contributed by atoms with van der Waals surface area (Å²) in [7, 11) is 0. The number of aliphatic hydroxyl groups is 1. The molecular formula is C13H17N3O3. The van der Waals surface area contributed by atoms with Gasteiger partial charge >= 0.3 is 0 Å². The SMILES string of the molecule is CCOC(c1ccccc1)c1noc(C(O)CN)n1. The van der Waals surface area contributed by atoms with E-state index in [-0.39, 0.29) is 12.4 Å². The van der Waals surface area contributed by atoms with Crippen LogP contribution in [-0.4, -0.2) is 28.4 Å². The average Bonchev–Trinajstić information content (AvgIpc) is 2.94. The number of nitrogens with zero attached hydrogens (tertiary/aromatic N) is 2. The van der Waals surface area contributed by atoms with Gasteiger partial charge < -0.3 is 20.1 Å². The third-order valence-corrected chi connectivity index (χ3v) is 2.64. The molecule has 0 radical (unpaired) electrons. The lowest BCUT2D eigenvalue weighted by atomic mass is 10.1. The highest BCUT2D eigenvalue weighted by atomic mass is 16.5. The number of rotatable bonds is 6. The fourth-order valence-electron chi connectivity index (χ4n) is 1.70. The van der Waals surface area contributed by atoms with Crippen LogP contribution in [-0.2, 0) is 4.74 Å². The summed E-state index contributed by atoms with van der Waals surface area (Å²) in [5.41, 5.74) is 6.28. The van der Waals surface area contributed by atoms with E-state index in [0.29, 0.717) is 12.4 Å². The van der Waals surface area contributed by atoms with Gasteiger partial charge in [-0.1, -0.05) is 35.5 Å². The van der Waals surface area contributed by atoms with Crippen LogP contribution in [0.15, 0.2) is 34.9 Å². The lowest BCUT2D eigenvalue weighted by Crippen LogP contribution is -2.12. The normalized spacial score (nSPS) is 14.3. The molecule has 1 heterocycles. The number of aliphatic hydroxyl groups excluding tert-OH is 1. The molecule has 0 aliphatic carbocycles. The first kappa shape index (κ1) is 13.7. The zero-order valence-corrected chi connectivity index (χ0v) is 10.7. The number of hydrogen-bond acceptors (Lipinski definition) is 6. The lowest BCUT2D eigenvalue weighted by Gasteiger charge is -2.13. The molecule has 0 aliphatic rings. The smallest absolute Gasteiger partial charge is 0.256 e. The minimum Gasteiger partial charge on any atom is -0.382 e. The Morgan fingerprint density at radius 1 is 1.37 bits per heavy atom. The number of benzene rings is 1. The summed E-state index contributed by atoms with van der Waals surface area (Å²) in [5.74, 6) is 0.494. The van der Waals surface area contributed by atoms with Crippen molar-refractivity contribution in [2.75, 3.05) is 13.2 Å². The van der Waals surface area contributed by atoms with Gasteiger partial charge in [-0.2, -0.15) is 4.98 Å². The second kappa shape index (κ2) is 6.42. The molecule has 2 unspecified atom stereocenters. The van der Waals surface area contributed by atoms with Crippen molar-refractivity contribution in [2.45, 2.75) is 19.1 Å². The van der Waals surface area contributed by atoms with Crippen LogP contribution in [0.4, 0.5) is 0 Å². The molecule has 2 atom stereocenters. The minimum atomic E-state index is -0.945. The molecule has 1 aromatic carbocycles. The van der Waals surface area contributed by atoms with E-state index in [2.05, 4.69) is 10.1 Å². The van der Waals surface area contributed by atoms with E-state index < -0.39 is 12.2 Å². The Labute approximate surface area is 111 Å². The number of aromatic nitrogens is 2. The predicted molar refractivity (Wildman–Crippen MR) is 68.2 cm³/mol. The predicted octanol–water partition coefficient (Wildman–Crippen LogP) is 1.19. The summed E-state index contributed by atoms with van der Waals surface area (Å²) < 4.78 is 10.6. The molecule has 19 heavy (non-hydrogen) atoms. The maximum atomic E-state index is 9.56. The van der Waals surface area contributed by atoms with Gasteiger partial charge in [-0.15, -0.1) is 0 Å². The van der Waals surface area contributed by atoms with Crippen molar-refractivity contribution in [3.05, 3.63) is 47.6 Å². The Balaban J connectivity index is 2.27. The van der Waals surface area contributed by atoms with Crippen LogP contribution in [0.2, 0.25) is 0 Å². The van der Waals surface area contributed by atoms with Crippen LogP contribution in [0.5, 0.6) is 0 Å². The van der Waals surface area contributed by atoms with E-state index in [1.165, 1.54) is 0 Å². The zero-order valence-electron chi connectivity index (χ0n) is 10.7. The lowest BCUT2D eigenvalue weighted by molar-refractivity contribution is 0.0832. The van der Waals surface area contributed by atoms with Crippen LogP contribution in [0.1, 0.15) is 36.4 Å². The van der Waals surface area contributed by atoms with Crippen LogP contribution in [0.25, 0.3) is 0 Å². The Morgan fingerprint density at radius 2 is 2.11 bits per heavy atom. The summed E-state index contributed by atoms with van der Waals surface area (Å²) in [6, 6.07) is 9.60. The van der Waals surface area contributed by atoms with Crippen LogP contribution in [0, 0.1) is 0 Å². The van der Waals surface area contributed by atoms with Gasteiger partial charge in [-0.25, -0.2) is 0 Å². The summed E-state index contributed by atoms with van der Waals surface area (Å²) in [6.45, 7) is 2.45. The molecule has 0 saturated heterocycles. The van der Waals surface area contributed by atoms with E-state index in [9.17, 15) is 5.11 Å². The molecule has 0 fully saturated rings. The molecule has 1 aromatic heterocycles. The zero-order chi connectivity index (χ0) is 13.7. The topological polar surface area (TPSA) is 94.4 Å². The summed E-state index contributed by atoms with van der Waals surface area (Å²) >= 11 is 0. The van der Waals surface area contributed by atoms with Gasteiger partial charge in [0.2, 0.25) is 5.82 Å². The molecular weight excluding hydrogens is 246 g/mol. The molecule has 0 spiro atoms. The third kappa shape index (κ3) is 3.17. The van der Waals surface area contributed by atoms with Crippen LogP contribution < -0.4 is 5.73 Å². The molecule has 6 nitrogen and oxygen atoms in total. The summed E-state index contributed by atoms with van der Waals surface area (Å²) in [4.78, 5) is 4.14. The first-order chi connectivity index (χ1) is 9.26. The van der Waals surface area contributed by atoms with Gasteiger partial charge in [0.1, 0.15) is 12.2 Å². The van der Waals surface area contributed by atoms with Gasteiger partial charge in [0.15, 0.2) is 0 Å². The maximum Gasteiger partial charge on any atom is 0.256 e. The molecule has 3 N–H and O–H groups in total. The van der Waals surface area contributed by atoms with Gasteiger partial charge in [0.25, 0.3) is 5.89 Å². The van der Waals surface area contributed by atoms with Crippen LogP contribution >= 0.6 is 0 Å². The van der Waals surface area contributed by atoms with E-state index in [1.54, 1.807) is 0 Å². The Bertz CT molecular complexity index is 501. The monoisotopic (exact) mass is 263 g/mol. The Kier molecular flexibility index (Phi) is 4.62. The Hall–Kier alpha value is -1.76. The first-order valence-electron chi connectivity index (χ1n) is 6.14. The average molecular weight is 263 g/mol. The number of nitrogens with two attached hydrogens (primary N) is 1. The largest absolute Gasteiger partial charge is 0.382 e. The molecule has 0 aliphatic heterocycles. The molecule has 6 heteroatoms.